The van der Waals surface area contributed by atoms with E-state index in [1.165, 1.54) is 17.4 Å². The van der Waals surface area contributed by atoms with Gasteiger partial charge in [-0.25, -0.2) is 9.37 Å². The monoisotopic (exact) mass is 382 g/mol. The van der Waals surface area contributed by atoms with Crippen molar-refractivity contribution in [3.05, 3.63) is 87.5 Å². The third kappa shape index (κ3) is 3.19. The summed E-state index contributed by atoms with van der Waals surface area (Å²) >= 11 is 7.77. The summed E-state index contributed by atoms with van der Waals surface area (Å²) in [5.41, 5.74) is 0.886. The molecule has 0 amide bonds. The summed E-state index contributed by atoms with van der Waals surface area (Å²) in [5, 5.41) is 0.827. The van der Waals surface area contributed by atoms with Crippen LogP contribution < -0.4 is 5.56 Å². The zero-order chi connectivity index (χ0) is 18.1. The fraction of sp³-hybridized carbons (Fsp3) is 0. The average Bonchev–Trinajstić information content (AvgIpc) is 3.10. The van der Waals surface area contributed by atoms with Crippen LogP contribution in [-0.4, -0.2) is 9.97 Å². The predicted molar refractivity (Wildman–Crippen MR) is 106 cm³/mol. The summed E-state index contributed by atoms with van der Waals surface area (Å²) in [6.45, 7) is 0. The van der Waals surface area contributed by atoms with Gasteiger partial charge in [0, 0.05) is 15.3 Å². The normalized spacial score (nSPS) is 11.8. The maximum Gasteiger partial charge on any atom is 0.259 e. The van der Waals surface area contributed by atoms with Crippen molar-refractivity contribution in [3.63, 3.8) is 0 Å². The molecule has 3 nitrogen and oxygen atoms in total. The molecular formula is C20H12ClFN2OS. The molecule has 2 heterocycles. The molecule has 2 aromatic heterocycles. The van der Waals surface area contributed by atoms with Gasteiger partial charge in [-0.15, -0.1) is 11.3 Å². The molecule has 6 heteroatoms. The van der Waals surface area contributed by atoms with Crippen molar-refractivity contribution in [1.82, 2.24) is 9.97 Å². The SMILES string of the molecule is O=c1[nH]c(C(Cl)=Cc2ccc(-c3ccccc3F)s2)nc2ccccc12. The van der Waals surface area contributed by atoms with E-state index in [1.807, 2.05) is 18.2 Å². The highest BCUT2D eigenvalue weighted by Crippen LogP contribution is 2.32. The maximum absolute atomic E-state index is 13.9. The first-order chi connectivity index (χ1) is 12.6. The van der Waals surface area contributed by atoms with Gasteiger partial charge in [0.2, 0.25) is 0 Å². The minimum absolute atomic E-state index is 0.240. The number of hydrogen-bond donors (Lipinski definition) is 1. The lowest BCUT2D eigenvalue weighted by atomic mass is 10.2. The topological polar surface area (TPSA) is 45.8 Å². The highest BCUT2D eigenvalue weighted by molar-refractivity contribution is 7.16. The number of H-pyrrole nitrogens is 1. The molecular weight excluding hydrogens is 371 g/mol. The molecule has 0 spiro atoms. The summed E-state index contributed by atoms with van der Waals surface area (Å²) in [6, 6.07) is 17.4. The van der Waals surface area contributed by atoms with Gasteiger partial charge in [0.05, 0.1) is 15.9 Å². The van der Waals surface area contributed by atoms with E-state index in [0.717, 1.165) is 9.75 Å². The molecule has 0 saturated carbocycles. The van der Waals surface area contributed by atoms with E-state index >= 15 is 0 Å². The summed E-state index contributed by atoms with van der Waals surface area (Å²) in [6.07, 6.45) is 1.71. The Morgan fingerprint density at radius 3 is 2.69 bits per heavy atom. The van der Waals surface area contributed by atoms with Crippen molar-refractivity contribution in [1.29, 1.82) is 0 Å². The van der Waals surface area contributed by atoms with Gasteiger partial charge in [0.15, 0.2) is 5.82 Å². The summed E-state index contributed by atoms with van der Waals surface area (Å²) in [7, 11) is 0. The van der Waals surface area contributed by atoms with Crippen molar-refractivity contribution in [2.75, 3.05) is 0 Å². The molecule has 0 atom stereocenters. The van der Waals surface area contributed by atoms with Crippen molar-refractivity contribution >= 4 is 44.9 Å². The van der Waals surface area contributed by atoms with Crippen LogP contribution in [0.25, 0.3) is 32.5 Å². The molecule has 26 heavy (non-hydrogen) atoms. The molecule has 4 rings (SSSR count). The molecule has 2 aromatic carbocycles. The third-order valence-electron chi connectivity index (χ3n) is 3.87. The van der Waals surface area contributed by atoms with Crippen LogP contribution in [0.1, 0.15) is 10.7 Å². The van der Waals surface area contributed by atoms with Crippen LogP contribution in [0.5, 0.6) is 0 Å². The standard InChI is InChI=1S/C20H12ClFN2OS/c21-15(19-23-17-8-4-2-6-14(17)20(25)24-19)11-12-9-10-18(26-12)13-5-1-3-7-16(13)22/h1-11H,(H,23,24,25). The largest absolute Gasteiger partial charge is 0.305 e. The molecule has 0 fully saturated rings. The summed E-state index contributed by atoms with van der Waals surface area (Å²) < 4.78 is 13.9. The number of fused-ring (bicyclic) bond motifs is 1. The zero-order valence-corrected chi connectivity index (χ0v) is 14.9. The second-order valence-electron chi connectivity index (χ2n) is 5.61. The first-order valence-corrected chi connectivity index (χ1v) is 9.02. The number of aromatic nitrogens is 2. The number of para-hydroxylation sites is 1. The molecule has 0 saturated heterocycles. The molecule has 4 aromatic rings. The van der Waals surface area contributed by atoms with Gasteiger partial charge in [0.25, 0.3) is 5.56 Å². The van der Waals surface area contributed by atoms with Gasteiger partial charge in [-0.3, -0.25) is 4.79 Å². The highest BCUT2D eigenvalue weighted by Gasteiger charge is 2.09. The van der Waals surface area contributed by atoms with Crippen molar-refractivity contribution in [3.8, 4) is 10.4 Å². The Hall–Kier alpha value is -2.76. The molecule has 0 aliphatic carbocycles. The van der Waals surface area contributed by atoms with E-state index in [0.29, 0.717) is 27.3 Å². The van der Waals surface area contributed by atoms with Crippen LogP contribution in [0.4, 0.5) is 4.39 Å². The Bertz CT molecular complexity index is 1200. The Labute approximate surface area is 157 Å². The molecule has 0 radical (unpaired) electrons. The minimum Gasteiger partial charge on any atom is -0.305 e. The lowest BCUT2D eigenvalue weighted by molar-refractivity contribution is 0.631. The van der Waals surface area contributed by atoms with Gasteiger partial charge in [-0.2, -0.15) is 0 Å². The number of halogens is 2. The fourth-order valence-corrected chi connectivity index (χ4v) is 3.88. The fourth-order valence-electron chi connectivity index (χ4n) is 2.63. The number of rotatable bonds is 3. The van der Waals surface area contributed by atoms with Crippen LogP contribution >= 0.6 is 22.9 Å². The van der Waals surface area contributed by atoms with Crippen LogP contribution in [0, 0.1) is 5.82 Å². The maximum atomic E-state index is 13.9. The van der Waals surface area contributed by atoms with Gasteiger partial charge in [-0.1, -0.05) is 41.9 Å². The second-order valence-corrected chi connectivity index (χ2v) is 7.13. The molecule has 0 bridgehead atoms. The quantitative estimate of drug-likeness (QED) is 0.506. The van der Waals surface area contributed by atoms with Gasteiger partial charge in [0.1, 0.15) is 5.82 Å². The molecule has 0 unspecified atom stereocenters. The van der Waals surface area contributed by atoms with Crippen molar-refractivity contribution < 1.29 is 4.39 Å². The average molecular weight is 383 g/mol. The minimum atomic E-state index is -0.267. The Balaban J connectivity index is 1.71. The first-order valence-electron chi connectivity index (χ1n) is 7.83. The van der Waals surface area contributed by atoms with Gasteiger partial charge in [-0.05, 0) is 36.4 Å². The Morgan fingerprint density at radius 1 is 1.08 bits per heavy atom. The van der Waals surface area contributed by atoms with E-state index < -0.39 is 0 Å². The number of nitrogens with one attached hydrogen (secondary N) is 1. The van der Waals surface area contributed by atoms with Crippen molar-refractivity contribution in [2.24, 2.45) is 0 Å². The lowest BCUT2D eigenvalue weighted by Crippen LogP contribution is -2.10. The van der Waals surface area contributed by atoms with Crippen LogP contribution in [-0.2, 0) is 0 Å². The van der Waals surface area contributed by atoms with E-state index in [4.69, 9.17) is 11.6 Å². The number of nitrogens with zero attached hydrogens (tertiary/aromatic N) is 1. The molecule has 1 N–H and O–H groups in total. The van der Waals surface area contributed by atoms with Gasteiger partial charge < -0.3 is 4.98 Å². The van der Waals surface area contributed by atoms with Crippen LogP contribution in [0.15, 0.2) is 65.5 Å². The molecule has 0 aliphatic heterocycles. The van der Waals surface area contributed by atoms with Crippen molar-refractivity contribution in [2.45, 2.75) is 0 Å². The Kier molecular flexibility index (Phi) is 4.41. The number of thiophene rings is 1. The van der Waals surface area contributed by atoms with Crippen LogP contribution in [0.2, 0.25) is 0 Å². The second kappa shape index (κ2) is 6.86. The molecule has 0 aliphatic rings. The highest BCUT2D eigenvalue weighted by atomic mass is 35.5. The first kappa shape index (κ1) is 16.7. The smallest absolute Gasteiger partial charge is 0.259 e. The van der Waals surface area contributed by atoms with E-state index in [1.54, 1.807) is 42.5 Å². The number of hydrogen-bond acceptors (Lipinski definition) is 3. The Morgan fingerprint density at radius 2 is 1.85 bits per heavy atom. The third-order valence-corrected chi connectivity index (χ3v) is 5.23. The zero-order valence-electron chi connectivity index (χ0n) is 13.4. The van der Waals surface area contributed by atoms with E-state index in [2.05, 4.69) is 9.97 Å². The summed E-state index contributed by atoms with van der Waals surface area (Å²) in [5.74, 6) is 0.0349. The van der Waals surface area contributed by atoms with E-state index in [-0.39, 0.29) is 11.4 Å². The van der Waals surface area contributed by atoms with E-state index in [9.17, 15) is 9.18 Å². The number of aromatic amines is 1. The summed E-state index contributed by atoms with van der Waals surface area (Å²) in [4.78, 5) is 20.9. The van der Waals surface area contributed by atoms with Gasteiger partial charge >= 0.3 is 0 Å². The number of benzene rings is 2. The molecule has 128 valence electrons. The lowest BCUT2D eigenvalue weighted by Gasteiger charge is -2.01. The predicted octanol–water partition coefficient (Wildman–Crippen LogP) is 5.53. The van der Waals surface area contributed by atoms with Crippen LogP contribution in [0.3, 0.4) is 0 Å².